The molecule has 0 saturated carbocycles. The third kappa shape index (κ3) is 8.38. The maximum atomic E-state index is 14.0. The van der Waals surface area contributed by atoms with E-state index in [9.17, 15) is 18.0 Å². The van der Waals surface area contributed by atoms with Crippen LogP contribution in [-0.2, 0) is 12.7 Å². The number of anilines is 1. The first-order valence-electron chi connectivity index (χ1n) is 13.8. The summed E-state index contributed by atoms with van der Waals surface area (Å²) in [5.41, 5.74) is 1.34. The summed E-state index contributed by atoms with van der Waals surface area (Å²) in [7, 11) is 7.80. The maximum absolute atomic E-state index is 14.0. The number of alkyl halides is 3. The lowest BCUT2D eigenvalue weighted by Crippen LogP contribution is -2.41. The van der Waals surface area contributed by atoms with Gasteiger partial charge in [0.25, 0.3) is 5.91 Å². The van der Waals surface area contributed by atoms with Gasteiger partial charge in [-0.3, -0.25) is 14.7 Å². The number of halogens is 3. The van der Waals surface area contributed by atoms with Crippen LogP contribution in [0.1, 0.15) is 45.6 Å². The number of piperidine rings is 1. The fourth-order valence-corrected chi connectivity index (χ4v) is 4.78. The highest BCUT2D eigenvalue weighted by molar-refractivity contribution is 6.04. The van der Waals surface area contributed by atoms with Gasteiger partial charge in [0.15, 0.2) is 5.65 Å². The summed E-state index contributed by atoms with van der Waals surface area (Å²) in [6.45, 7) is 1.67. The second kappa shape index (κ2) is 14.2. The van der Waals surface area contributed by atoms with Crippen LogP contribution in [0, 0.1) is 11.8 Å². The van der Waals surface area contributed by atoms with E-state index in [0.717, 1.165) is 32.0 Å². The zero-order valence-electron chi connectivity index (χ0n) is 24.6. The Morgan fingerprint density at radius 1 is 1.07 bits per heavy atom. The summed E-state index contributed by atoms with van der Waals surface area (Å²) >= 11 is 0. The number of benzene rings is 1. The zero-order chi connectivity index (χ0) is 31.0. The Kier molecular flexibility index (Phi) is 10.5. The Bertz CT molecular complexity index is 1600. The minimum absolute atomic E-state index is 0.0562. The molecule has 1 fully saturated rings. The molecule has 2 N–H and O–H groups in total. The van der Waals surface area contributed by atoms with Gasteiger partial charge in [-0.2, -0.15) is 18.3 Å². The number of fused-ring (bicyclic) bond motifs is 1. The number of amides is 1. The van der Waals surface area contributed by atoms with Gasteiger partial charge in [0.05, 0.1) is 17.3 Å². The smallest absolute Gasteiger partial charge is 0.323 e. The highest BCUT2D eigenvalue weighted by Crippen LogP contribution is 2.35. The van der Waals surface area contributed by atoms with E-state index in [1.807, 2.05) is 33.1 Å². The molecule has 0 spiro atoms. The van der Waals surface area contributed by atoms with Crippen LogP contribution in [-0.4, -0.2) is 82.6 Å². The number of likely N-dealkylation sites (tertiary alicyclic amines) is 1. The first-order chi connectivity index (χ1) is 20.6. The molecule has 9 nitrogen and oxygen atoms in total. The van der Waals surface area contributed by atoms with E-state index in [0.29, 0.717) is 22.9 Å². The van der Waals surface area contributed by atoms with Crippen molar-refractivity contribution in [2.24, 2.45) is 0 Å². The van der Waals surface area contributed by atoms with Gasteiger partial charge in [0.2, 0.25) is 0 Å². The summed E-state index contributed by atoms with van der Waals surface area (Å²) < 4.78 is 43.6. The lowest BCUT2D eigenvalue weighted by Gasteiger charge is -2.35. The van der Waals surface area contributed by atoms with Crippen molar-refractivity contribution in [3.8, 4) is 11.8 Å². The largest absolute Gasteiger partial charge is 0.416 e. The van der Waals surface area contributed by atoms with Crippen molar-refractivity contribution in [1.29, 1.82) is 0 Å². The van der Waals surface area contributed by atoms with Crippen molar-refractivity contribution in [2.45, 2.75) is 31.6 Å². The van der Waals surface area contributed by atoms with Gasteiger partial charge in [0.1, 0.15) is 5.69 Å². The average Bonchev–Trinajstić information content (AvgIpc) is 3.40. The zero-order valence-corrected chi connectivity index (χ0v) is 24.6. The lowest BCUT2D eigenvalue weighted by atomic mass is 10.0. The molecule has 0 aliphatic carbocycles. The number of nitrogens with one attached hydrogen (secondary N) is 2. The Hall–Kier alpha value is -4.31. The van der Waals surface area contributed by atoms with Crippen molar-refractivity contribution in [2.75, 3.05) is 46.6 Å². The SMILES string of the molecule is CN(C)C1CCN(Cc2ccc(NC(=O)c3cncc(C#Cc4cnc5cccnn45)c3)cc2C(F)(F)F)CC1.CNC. The molecule has 1 aliphatic rings. The van der Waals surface area contributed by atoms with E-state index in [-0.39, 0.29) is 23.4 Å². The van der Waals surface area contributed by atoms with Gasteiger partial charge < -0.3 is 15.5 Å². The first-order valence-corrected chi connectivity index (χ1v) is 13.8. The predicted octanol–water partition coefficient (Wildman–Crippen LogP) is 4.16. The highest BCUT2D eigenvalue weighted by Gasteiger charge is 2.34. The number of hydrogen-bond donors (Lipinski definition) is 2. The number of imidazole rings is 1. The van der Waals surface area contributed by atoms with Crippen LogP contribution in [0.3, 0.4) is 0 Å². The Balaban J connectivity index is 0.00000135. The van der Waals surface area contributed by atoms with Crippen LogP contribution in [0.2, 0.25) is 0 Å². The third-order valence-corrected chi connectivity index (χ3v) is 6.97. The molecular weight excluding hydrogens is 557 g/mol. The number of rotatable bonds is 5. The number of carbonyl (C=O) groups is 1. The molecule has 0 bridgehead atoms. The lowest BCUT2D eigenvalue weighted by molar-refractivity contribution is -0.138. The fraction of sp³-hybridized carbons (Fsp3) is 0.355. The van der Waals surface area contributed by atoms with E-state index in [4.69, 9.17) is 0 Å². The maximum Gasteiger partial charge on any atom is 0.416 e. The quantitative estimate of drug-likeness (QED) is 0.337. The van der Waals surface area contributed by atoms with Crippen molar-refractivity contribution in [3.05, 3.63) is 89.1 Å². The molecule has 12 heteroatoms. The third-order valence-electron chi connectivity index (χ3n) is 6.97. The summed E-state index contributed by atoms with van der Waals surface area (Å²) in [6, 6.07) is 9.49. The Morgan fingerprint density at radius 3 is 2.51 bits per heavy atom. The second-order valence-corrected chi connectivity index (χ2v) is 10.4. The molecule has 0 unspecified atom stereocenters. The van der Waals surface area contributed by atoms with E-state index in [1.165, 1.54) is 30.6 Å². The molecule has 1 saturated heterocycles. The predicted molar refractivity (Wildman–Crippen MR) is 160 cm³/mol. The van der Waals surface area contributed by atoms with Crippen molar-refractivity contribution in [1.82, 2.24) is 34.7 Å². The van der Waals surface area contributed by atoms with E-state index in [2.05, 4.69) is 42.4 Å². The Labute approximate surface area is 249 Å². The van der Waals surface area contributed by atoms with Gasteiger partial charge in [-0.05, 0) is 95.9 Å². The molecule has 5 rings (SSSR count). The summed E-state index contributed by atoms with van der Waals surface area (Å²) in [4.78, 5) is 25.4. The second-order valence-electron chi connectivity index (χ2n) is 10.4. The van der Waals surface area contributed by atoms with Crippen molar-refractivity contribution < 1.29 is 18.0 Å². The van der Waals surface area contributed by atoms with Crippen LogP contribution in [0.4, 0.5) is 18.9 Å². The Morgan fingerprint density at radius 2 is 1.81 bits per heavy atom. The molecule has 1 aromatic carbocycles. The number of hydrogen-bond acceptors (Lipinski definition) is 7. The van der Waals surface area contributed by atoms with Crippen LogP contribution in [0.25, 0.3) is 5.65 Å². The van der Waals surface area contributed by atoms with Gasteiger partial charge in [-0.1, -0.05) is 12.0 Å². The van der Waals surface area contributed by atoms with E-state index >= 15 is 0 Å². The molecule has 1 aliphatic heterocycles. The minimum Gasteiger partial charge on any atom is -0.323 e. The van der Waals surface area contributed by atoms with Crippen LogP contribution < -0.4 is 10.6 Å². The topological polar surface area (TPSA) is 90.7 Å². The molecule has 226 valence electrons. The minimum atomic E-state index is -4.55. The van der Waals surface area contributed by atoms with Gasteiger partial charge in [-0.25, -0.2) is 9.50 Å². The van der Waals surface area contributed by atoms with Gasteiger partial charge in [-0.15, -0.1) is 0 Å². The van der Waals surface area contributed by atoms with E-state index in [1.54, 1.807) is 29.0 Å². The van der Waals surface area contributed by atoms with E-state index < -0.39 is 17.6 Å². The summed E-state index contributed by atoms with van der Waals surface area (Å²) in [5.74, 6) is 5.31. The monoisotopic (exact) mass is 592 g/mol. The normalized spacial score (nSPS) is 14.1. The fourth-order valence-electron chi connectivity index (χ4n) is 4.78. The summed E-state index contributed by atoms with van der Waals surface area (Å²) in [6.07, 6.45) is 3.32. The molecule has 4 heterocycles. The molecule has 3 aromatic heterocycles. The molecule has 4 aromatic rings. The molecule has 0 radical (unpaired) electrons. The molecule has 0 atom stereocenters. The van der Waals surface area contributed by atoms with Crippen LogP contribution in [0.15, 0.2) is 61.2 Å². The van der Waals surface area contributed by atoms with Crippen LogP contribution in [0.5, 0.6) is 0 Å². The summed E-state index contributed by atoms with van der Waals surface area (Å²) in [5, 5.41) is 9.53. The average molecular weight is 593 g/mol. The molecule has 1 amide bonds. The van der Waals surface area contributed by atoms with Gasteiger partial charge in [0, 0.05) is 42.4 Å². The highest BCUT2D eigenvalue weighted by atomic mass is 19.4. The van der Waals surface area contributed by atoms with Gasteiger partial charge >= 0.3 is 6.18 Å². The molecule has 43 heavy (non-hydrogen) atoms. The first kappa shape index (κ1) is 31.6. The number of pyridine rings is 1. The number of aromatic nitrogens is 4. The van der Waals surface area contributed by atoms with Crippen LogP contribution >= 0.6 is 0 Å². The number of nitrogens with zero attached hydrogens (tertiary/aromatic N) is 6. The van der Waals surface area contributed by atoms with Crippen molar-refractivity contribution in [3.63, 3.8) is 0 Å². The standard InChI is InChI=1S/C29H28F3N7O.C2H7N/c1-37(2)24-9-12-38(13-10-24)19-21-6-7-23(15-26(21)29(30,31)32)36-28(40)22-14-20(16-33-17-22)5-8-25-18-34-27-4-3-11-35-39(25)27;1-3-2/h3-4,6-7,11,14-18,24H,9-10,12-13,19H2,1-2H3,(H,36,40);3H,1-2H3. The molecular formula is C31H35F3N8O. The van der Waals surface area contributed by atoms with Crippen molar-refractivity contribution >= 4 is 17.2 Å². The number of carbonyl (C=O) groups excluding carboxylic acids is 1.